The van der Waals surface area contributed by atoms with E-state index in [1.54, 1.807) is 19.1 Å². The molecular weight excluding hydrogens is 432 g/mol. The number of sulfonamides is 1. The van der Waals surface area contributed by atoms with Crippen LogP contribution in [-0.4, -0.2) is 37.6 Å². The minimum atomic E-state index is -3.88. The van der Waals surface area contributed by atoms with Gasteiger partial charge < -0.3 is 9.26 Å². The van der Waals surface area contributed by atoms with Crippen LogP contribution in [-0.2, 0) is 27.8 Å². The van der Waals surface area contributed by atoms with E-state index >= 15 is 0 Å². The molecule has 0 N–H and O–H groups in total. The second-order valence-corrected chi connectivity index (χ2v) is 9.23. The smallest absolute Gasteiger partial charge is 0.265 e. The molecule has 0 spiro atoms. The van der Waals surface area contributed by atoms with Crippen molar-refractivity contribution in [1.29, 1.82) is 0 Å². The lowest BCUT2D eigenvalue weighted by Gasteiger charge is -2.29. The number of rotatable bonds is 7. The third-order valence-electron chi connectivity index (χ3n) is 5.15. The van der Waals surface area contributed by atoms with Crippen molar-refractivity contribution in [3.8, 4) is 5.75 Å². The molecule has 0 atom stereocenters. The summed E-state index contributed by atoms with van der Waals surface area (Å²) in [7, 11) is -3.88. The lowest BCUT2D eigenvalue weighted by Crippen LogP contribution is -2.39. The van der Waals surface area contributed by atoms with Crippen molar-refractivity contribution in [1.82, 2.24) is 10.1 Å². The fourth-order valence-electron chi connectivity index (χ4n) is 3.56. The molecule has 0 radical (unpaired) electrons. The minimum Gasteiger partial charge on any atom is -0.482 e. The van der Waals surface area contributed by atoms with Gasteiger partial charge in [-0.25, -0.2) is 8.42 Å². The van der Waals surface area contributed by atoms with Gasteiger partial charge in [0.1, 0.15) is 5.75 Å². The number of aryl methyl sites for hydroxylation is 2. The highest BCUT2D eigenvalue weighted by atomic mass is 32.2. The molecule has 4 rings (SSSR count). The highest BCUT2D eigenvalue weighted by Crippen LogP contribution is 2.36. The number of carbonyl (C=O) groups excluding carboxylic acids is 1. The Bertz CT molecular complexity index is 1250. The summed E-state index contributed by atoms with van der Waals surface area (Å²) in [4.78, 5) is 18.3. The highest BCUT2D eigenvalue weighted by molar-refractivity contribution is 7.92. The molecule has 0 unspecified atom stereocenters. The standard InChI is InChI=1S/C22H24N4O5S/c1-4-21-23-20(24-31-21)13-25-18-12-17(9-10-19(18)30-14-22(25)27)32(28,29)26(5-2)16-8-6-7-15(3)11-16/h6-12H,4-5,13-14H2,1-3H3. The van der Waals surface area contributed by atoms with E-state index in [2.05, 4.69) is 10.1 Å². The fourth-order valence-corrected chi connectivity index (χ4v) is 5.04. The normalized spacial score (nSPS) is 13.6. The van der Waals surface area contributed by atoms with E-state index < -0.39 is 10.0 Å². The quantitative estimate of drug-likeness (QED) is 0.538. The number of nitrogens with zero attached hydrogens (tertiary/aromatic N) is 4. The molecule has 0 saturated carbocycles. The Balaban J connectivity index is 1.72. The van der Waals surface area contributed by atoms with Crippen LogP contribution in [0.4, 0.5) is 11.4 Å². The molecule has 10 heteroatoms. The Morgan fingerprint density at radius 3 is 2.66 bits per heavy atom. The number of ether oxygens (including phenoxy) is 1. The van der Waals surface area contributed by atoms with Gasteiger partial charge in [0.25, 0.3) is 15.9 Å². The molecule has 0 fully saturated rings. The van der Waals surface area contributed by atoms with Crippen LogP contribution in [0.25, 0.3) is 0 Å². The van der Waals surface area contributed by atoms with Gasteiger partial charge >= 0.3 is 0 Å². The summed E-state index contributed by atoms with van der Waals surface area (Å²) in [6.07, 6.45) is 0.578. The van der Waals surface area contributed by atoms with Crippen molar-refractivity contribution in [2.45, 2.75) is 38.6 Å². The Morgan fingerprint density at radius 1 is 1.16 bits per heavy atom. The van der Waals surface area contributed by atoms with Crippen LogP contribution < -0.4 is 13.9 Å². The van der Waals surface area contributed by atoms with Gasteiger partial charge in [-0.3, -0.25) is 14.0 Å². The number of hydrogen-bond acceptors (Lipinski definition) is 7. The van der Waals surface area contributed by atoms with Crippen LogP contribution in [0.3, 0.4) is 0 Å². The predicted molar refractivity (Wildman–Crippen MR) is 118 cm³/mol. The van der Waals surface area contributed by atoms with Crippen molar-refractivity contribution in [2.75, 3.05) is 22.4 Å². The van der Waals surface area contributed by atoms with Gasteiger partial charge in [-0.2, -0.15) is 4.98 Å². The summed E-state index contributed by atoms with van der Waals surface area (Å²) in [5.74, 6) is 0.905. The van der Waals surface area contributed by atoms with E-state index in [-0.39, 0.29) is 30.5 Å². The summed E-state index contributed by atoms with van der Waals surface area (Å²) in [5, 5.41) is 3.90. The van der Waals surface area contributed by atoms with Gasteiger partial charge in [-0.1, -0.05) is 24.2 Å². The van der Waals surface area contributed by atoms with Crippen LogP contribution in [0.1, 0.15) is 31.1 Å². The van der Waals surface area contributed by atoms with Crippen molar-refractivity contribution in [2.24, 2.45) is 0 Å². The maximum atomic E-state index is 13.5. The van der Waals surface area contributed by atoms with E-state index in [0.717, 1.165) is 5.56 Å². The molecule has 0 bridgehead atoms. The molecule has 1 aromatic heterocycles. The van der Waals surface area contributed by atoms with E-state index in [0.29, 0.717) is 35.3 Å². The molecule has 2 aromatic carbocycles. The van der Waals surface area contributed by atoms with Crippen LogP contribution >= 0.6 is 0 Å². The van der Waals surface area contributed by atoms with Gasteiger partial charge in [0.15, 0.2) is 12.4 Å². The van der Waals surface area contributed by atoms with Crippen molar-refractivity contribution in [3.63, 3.8) is 0 Å². The predicted octanol–water partition coefficient (Wildman–Crippen LogP) is 3.08. The van der Waals surface area contributed by atoms with Crippen LogP contribution in [0.2, 0.25) is 0 Å². The van der Waals surface area contributed by atoms with Gasteiger partial charge in [-0.05, 0) is 49.7 Å². The summed E-state index contributed by atoms with van der Waals surface area (Å²) < 4.78 is 39.0. The first-order chi connectivity index (χ1) is 15.3. The molecule has 9 nitrogen and oxygen atoms in total. The Kier molecular flexibility index (Phi) is 5.88. The maximum absolute atomic E-state index is 13.5. The first-order valence-corrected chi connectivity index (χ1v) is 11.8. The molecule has 32 heavy (non-hydrogen) atoms. The summed E-state index contributed by atoms with van der Waals surface area (Å²) >= 11 is 0. The number of anilines is 2. The summed E-state index contributed by atoms with van der Waals surface area (Å²) in [6, 6.07) is 11.8. The largest absolute Gasteiger partial charge is 0.482 e. The SMILES string of the molecule is CCc1nc(CN2C(=O)COc3ccc(S(=O)(=O)N(CC)c4cccc(C)c4)cc32)no1. The summed E-state index contributed by atoms with van der Waals surface area (Å²) in [6.45, 7) is 5.73. The number of amides is 1. The van der Waals surface area contributed by atoms with Gasteiger partial charge in [0.05, 0.1) is 22.8 Å². The lowest BCUT2D eigenvalue weighted by atomic mass is 10.2. The third kappa shape index (κ3) is 4.05. The van der Waals surface area contributed by atoms with E-state index in [9.17, 15) is 13.2 Å². The fraction of sp³-hybridized carbons (Fsp3) is 0.318. The molecule has 3 aromatic rings. The third-order valence-corrected chi connectivity index (χ3v) is 7.05. The Hall–Kier alpha value is -3.40. The maximum Gasteiger partial charge on any atom is 0.265 e. The first kappa shape index (κ1) is 21.8. The zero-order valence-electron chi connectivity index (χ0n) is 18.1. The minimum absolute atomic E-state index is 0.0531. The molecule has 168 valence electrons. The van der Waals surface area contributed by atoms with Crippen molar-refractivity contribution >= 4 is 27.3 Å². The number of benzene rings is 2. The molecule has 0 aliphatic carbocycles. The topological polar surface area (TPSA) is 106 Å². The lowest BCUT2D eigenvalue weighted by molar-refractivity contribution is -0.121. The Morgan fingerprint density at radius 2 is 1.97 bits per heavy atom. The van der Waals surface area contributed by atoms with E-state index in [1.807, 2.05) is 32.0 Å². The first-order valence-electron chi connectivity index (χ1n) is 10.3. The van der Waals surface area contributed by atoms with E-state index in [1.165, 1.54) is 21.3 Å². The second kappa shape index (κ2) is 8.62. The average Bonchev–Trinajstić information content (AvgIpc) is 3.23. The van der Waals surface area contributed by atoms with Crippen LogP contribution in [0.5, 0.6) is 5.75 Å². The molecular formula is C22H24N4O5S. The average molecular weight is 457 g/mol. The molecule has 1 amide bonds. The monoisotopic (exact) mass is 456 g/mol. The number of aromatic nitrogens is 2. The molecule has 1 aliphatic heterocycles. The number of carbonyl (C=O) groups is 1. The molecule has 1 aliphatic rings. The van der Waals surface area contributed by atoms with Crippen LogP contribution in [0, 0.1) is 6.92 Å². The Labute approximate surface area is 186 Å². The van der Waals surface area contributed by atoms with E-state index in [4.69, 9.17) is 9.26 Å². The zero-order chi connectivity index (χ0) is 22.9. The number of hydrogen-bond donors (Lipinski definition) is 0. The second-order valence-electron chi connectivity index (χ2n) is 7.36. The molecule has 0 saturated heterocycles. The zero-order valence-corrected chi connectivity index (χ0v) is 18.9. The van der Waals surface area contributed by atoms with Gasteiger partial charge in [0, 0.05) is 13.0 Å². The highest BCUT2D eigenvalue weighted by Gasteiger charge is 2.31. The van der Waals surface area contributed by atoms with Gasteiger partial charge in [0.2, 0.25) is 5.89 Å². The van der Waals surface area contributed by atoms with Gasteiger partial charge in [-0.15, -0.1) is 0 Å². The number of fused-ring (bicyclic) bond motifs is 1. The molecule has 2 heterocycles. The summed E-state index contributed by atoms with van der Waals surface area (Å²) in [5.41, 5.74) is 1.89. The van der Waals surface area contributed by atoms with Crippen molar-refractivity contribution < 1.29 is 22.5 Å². The van der Waals surface area contributed by atoms with Crippen LogP contribution in [0.15, 0.2) is 51.9 Å². The van der Waals surface area contributed by atoms with Crippen molar-refractivity contribution in [3.05, 3.63) is 59.7 Å².